The Morgan fingerprint density at radius 2 is 1.71 bits per heavy atom. The van der Waals surface area contributed by atoms with Gasteiger partial charge in [0.1, 0.15) is 5.75 Å². The van der Waals surface area contributed by atoms with Gasteiger partial charge in [0, 0.05) is 43.8 Å². The average Bonchev–Trinajstić information content (AvgIpc) is 2.78. The van der Waals surface area contributed by atoms with Crippen LogP contribution < -0.4 is 4.74 Å². The fraction of sp³-hybridized carbons (Fsp3) is 0.500. The largest absolute Gasteiger partial charge is 0.497 e. The number of ether oxygens (including phenoxy) is 1. The molecule has 2 aromatic rings. The SMILES string of the molecule is CCN(CC)C(=O)c1ccc(C(c2cccc(OC)c2)N2C[C@@H](C)N(C)C[C@@H]2C)cc1. The van der Waals surface area contributed by atoms with Crippen LogP contribution >= 0.6 is 0 Å². The van der Waals surface area contributed by atoms with Crippen molar-refractivity contribution in [1.82, 2.24) is 14.7 Å². The Balaban J connectivity index is 1.99. The van der Waals surface area contributed by atoms with Crippen LogP contribution in [0.5, 0.6) is 5.75 Å². The molecule has 1 fully saturated rings. The van der Waals surface area contributed by atoms with Crippen molar-refractivity contribution in [3.63, 3.8) is 0 Å². The first-order chi connectivity index (χ1) is 14.9. The Bertz CT molecular complexity index is 863. The summed E-state index contributed by atoms with van der Waals surface area (Å²) < 4.78 is 5.52. The molecule has 1 aliphatic rings. The van der Waals surface area contributed by atoms with Crippen molar-refractivity contribution in [2.24, 2.45) is 0 Å². The summed E-state index contributed by atoms with van der Waals surface area (Å²) in [6.07, 6.45) is 0. The Hall–Kier alpha value is -2.37. The summed E-state index contributed by atoms with van der Waals surface area (Å²) in [5.41, 5.74) is 3.16. The van der Waals surface area contributed by atoms with Crippen LogP contribution in [0.3, 0.4) is 0 Å². The van der Waals surface area contributed by atoms with Crippen LogP contribution in [0.15, 0.2) is 48.5 Å². The maximum Gasteiger partial charge on any atom is 0.253 e. The number of rotatable bonds is 7. The summed E-state index contributed by atoms with van der Waals surface area (Å²) in [4.78, 5) is 19.6. The summed E-state index contributed by atoms with van der Waals surface area (Å²) in [6, 6.07) is 17.6. The number of nitrogens with zero attached hydrogens (tertiary/aromatic N) is 3. The quantitative estimate of drug-likeness (QED) is 0.666. The monoisotopic (exact) mass is 423 g/mol. The van der Waals surface area contributed by atoms with E-state index in [2.05, 4.69) is 61.0 Å². The molecule has 0 N–H and O–H groups in total. The summed E-state index contributed by atoms with van der Waals surface area (Å²) >= 11 is 0. The lowest BCUT2D eigenvalue weighted by atomic mass is 9.93. The first-order valence-corrected chi connectivity index (χ1v) is 11.4. The minimum absolute atomic E-state index is 0.0936. The molecule has 3 atom stereocenters. The highest BCUT2D eigenvalue weighted by molar-refractivity contribution is 5.94. The zero-order valence-corrected chi connectivity index (χ0v) is 19.8. The Morgan fingerprint density at radius 1 is 1.03 bits per heavy atom. The Labute approximate surface area is 187 Å². The molecule has 3 rings (SSSR count). The molecule has 168 valence electrons. The van der Waals surface area contributed by atoms with Gasteiger partial charge in [-0.15, -0.1) is 0 Å². The van der Waals surface area contributed by atoms with E-state index in [1.165, 1.54) is 11.1 Å². The smallest absolute Gasteiger partial charge is 0.253 e. The highest BCUT2D eigenvalue weighted by Crippen LogP contribution is 2.34. The third-order valence-corrected chi connectivity index (χ3v) is 6.61. The minimum Gasteiger partial charge on any atom is -0.497 e. The number of amides is 1. The van der Waals surface area contributed by atoms with Gasteiger partial charge < -0.3 is 14.5 Å². The van der Waals surface area contributed by atoms with Crippen LogP contribution in [0.4, 0.5) is 0 Å². The van der Waals surface area contributed by atoms with Gasteiger partial charge in [-0.25, -0.2) is 0 Å². The van der Waals surface area contributed by atoms with Crippen molar-refractivity contribution in [3.05, 3.63) is 65.2 Å². The molecular weight excluding hydrogens is 386 g/mol. The molecule has 1 aliphatic heterocycles. The summed E-state index contributed by atoms with van der Waals surface area (Å²) in [6.45, 7) is 12.1. The molecule has 1 saturated heterocycles. The number of hydrogen-bond acceptors (Lipinski definition) is 4. The van der Waals surface area contributed by atoms with Crippen molar-refractivity contribution in [1.29, 1.82) is 0 Å². The van der Waals surface area contributed by atoms with E-state index in [9.17, 15) is 4.79 Å². The van der Waals surface area contributed by atoms with E-state index in [1.807, 2.05) is 36.9 Å². The number of carbonyl (C=O) groups excluding carboxylic acids is 1. The molecule has 1 unspecified atom stereocenters. The van der Waals surface area contributed by atoms with Crippen molar-refractivity contribution < 1.29 is 9.53 Å². The van der Waals surface area contributed by atoms with Crippen molar-refractivity contribution in [3.8, 4) is 5.75 Å². The van der Waals surface area contributed by atoms with Crippen LogP contribution in [0.25, 0.3) is 0 Å². The summed E-state index contributed by atoms with van der Waals surface area (Å²) in [5, 5.41) is 0. The first-order valence-electron chi connectivity index (χ1n) is 11.4. The van der Waals surface area contributed by atoms with E-state index < -0.39 is 0 Å². The number of carbonyl (C=O) groups is 1. The van der Waals surface area contributed by atoms with Gasteiger partial charge in [-0.3, -0.25) is 9.69 Å². The molecule has 2 aromatic carbocycles. The van der Waals surface area contributed by atoms with Crippen LogP contribution in [0.2, 0.25) is 0 Å². The summed E-state index contributed by atoms with van der Waals surface area (Å²) in [5.74, 6) is 0.960. The molecule has 0 aromatic heterocycles. The fourth-order valence-electron chi connectivity index (χ4n) is 4.57. The van der Waals surface area contributed by atoms with Gasteiger partial charge in [-0.2, -0.15) is 0 Å². The Morgan fingerprint density at radius 3 is 2.32 bits per heavy atom. The average molecular weight is 424 g/mol. The number of benzene rings is 2. The molecular formula is C26H37N3O2. The van der Waals surface area contributed by atoms with E-state index >= 15 is 0 Å². The maximum absolute atomic E-state index is 12.8. The van der Waals surface area contributed by atoms with E-state index in [0.717, 1.165) is 37.5 Å². The number of hydrogen-bond donors (Lipinski definition) is 0. The number of likely N-dealkylation sites (N-methyl/N-ethyl adjacent to an activating group) is 1. The lowest BCUT2D eigenvalue weighted by molar-refractivity contribution is 0.0389. The highest BCUT2D eigenvalue weighted by Gasteiger charge is 2.33. The zero-order valence-electron chi connectivity index (χ0n) is 19.8. The maximum atomic E-state index is 12.8. The Kier molecular flexibility index (Phi) is 7.74. The lowest BCUT2D eigenvalue weighted by Crippen LogP contribution is -2.55. The van der Waals surface area contributed by atoms with Gasteiger partial charge >= 0.3 is 0 Å². The van der Waals surface area contributed by atoms with Gasteiger partial charge in [-0.05, 0) is 70.1 Å². The zero-order chi connectivity index (χ0) is 22.5. The second kappa shape index (κ2) is 10.3. The highest BCUT2D eigenvalue weighted by atomic mass is 16.5. The van der Waals surface area contributed by atoms with Crippen LogP contribution in [-0.2, 0) is 0 Å². The second-order valence-corrected chi connectivity index (χ2v) is 8.61. The predicted octanol–water partition coefficient (Wildman–Crippen LogP) is 4.29. The normalized spacial score (nSPS) is 21.0. The van der Waals surface area contributed by atoms with Gasteiger partial charge in [0.2, 0.25) is 0 Å². The molecule has 0 aliphatic carbocycles. The molecule has 1 amide bonds. The molecule has 5 heteroatoms. The van der Waals surface area contributed by atoms with E-state index in [0.29, 0.717) is 12.1 Å². The lowest BCUT2D eigenvalue weighted by Gasteiger charge is -2.46. The van der Waals surface area contributed by atoms with E-state index in [1.54, 1.807) is 7.11 Å². The van der Waals surface area contributed by atoms with Gasteiger partial charge in [0.05, 0.1) is 13.2 Å². The third-order valence-electron chi connectivity index (χ3n) is 6.61. The topological polar surface area (TPSA) is 36.0 Å². The minimum atomic E-state index is 0.0936. The van der Waals surface area contributed by atoms with Crippen LogP contribution in [0, 0.1) is 0 Å². The number of methoxy groups -OCH3 is 1. The fourth-order valence-corrected chi connectivity index (χ4v) is 4.57. The molecule has 0 spiro atoms. The molecule has 1 heterocycles. The van der Waals surface area contributed by atoms with Crippen molar-refractivity contribution >= 4 is 5.91 Å². The molecule has 5 nitrogen and oxygen atoms in total. The summed E-state index contributed by atoms with van der Waals surface area (Å²) in [7, 11) is 3.91. The third kappa shape index (κ3) is 5.10. The molecule has 31 heavy (non-hydrogen) atoms. The molecule has 0 bridgehead atoms. The predicted molar refractivity (Wildman–Crippen MR) is 127 cm³/mol. The standard InChI is InChI=1S/C26H37N3O2/c1-7-28(8-2)26(30)22-14-12-21(13-15-22)25(23-10-9-11-24(16-23)31-6)29-18-19(3)27(5)17-20(29)4/h9-16,19-20,25H,7-8,17-18H2,1-6H3/t19-,20+,25?/m1/s1. The second-order valence-electron chi connectivity index (χ2n) is 8.61. The van der Waals surface area contributed by atoms with Gasteiger partial charge in [0.25, 0.3) is 5.91 Å². The van der Waals surface area contributed by atoms with E-state index in [4.69, 9.17) is 4.74 Å². The van der Waals surface area contributed by atoms with Crippen molar-refractivity contribution in [2.75, 3.05) is 40.3 Å². The first kappa shape index (κ1) is 23.3. The van der Waals surface area contributed by atoms with Crippen molar-refractivity contribution in [2.45, 2.75) is 45.8 Å². The molecule has 0 radical (unpaired) electrons. The van der Waals surface area contributed by atoms with Gasteiger partial charge in [-0.1, -0.05) is 24.3 Å². The van der Waals surface area contributed by atoms with E-state index in [-0.39, 0.29) is 11.9 Å². The van der Waals surface area contributed by atoms with Crippen LogP contribution in [-0.4, -0.2) is 73.0 Å². The molecule has 0 saturated carbocycles. The number of piperazine rings is 1. The van der Waals surface area contributed by atoms with Crippen LogP contribution in [0.1, 0.15) is 55.2 Å². The van der Waals surface area contributed by atoms with Gasteiger partial charge in [0.15, 0.2) is 0 Å².